The Morgan fingerprint density at radius 1 is 1.28 bits per heavy atom. The number of aromatic nitrogens is 1. The van der Waals surface area contributed by atoms with Crippen LogP contribution >= 0.6 is 0 Å². The Morgan fingerprint density at radius 2 is 1.95 bits per heavy atom. The van der Waals surface area contributed by atoms with Gasteiger partial charge in [0.05, 0.1) is 16.9 Å². The van der Waals surface area contributed by atoms with E-state index in [9.17, 15) is 27.5 Å². The second-order valence-electron chi connectivity index (χ2n) is 9.19. The van der Waals surface area contributed by atoms with Crippen molar-refractivity contribution in [2.45, 2.75) is 38.1 Å². The van der Waals surface area contributed by atoms with Crippen LogP contribution in [0.15, 0.2) is 48.2 Å². The number of terminal acetylenes is 1. The highest BCUT2D eigenvalue weighted by Gasteiger charge is 2.32. The standard InChI is InChI=1S/C29H30F4N2O4/c1-4-26(39-19-29(31,32)33)24(6-5-13-30)27-25(21(18-36)16-20(2)34-27)17-35(3)23-9-7-22(8-10-23)28(37)11-14-38-15-12-28/h1,5-10,16,18,37H,11-15,17,19H2,2-3H3/b6-5-,26-24-. The number of benzene rings is 1. The number of pyridine rings is 1. The summed E-state index contributed by atoms with van der Waals surface area (Å²) in [6, 6.07) is 8.84. The average Bonchev–Trinajstić information content (AvgIpc) is 2.91. The number of aliphatic hydroxyl groups is 1. The van der Waals surface area contributed by atoms with Gasteiger partial charge in [0.1, 0.15) is 6.67 Å². The van der Waals surface area contributed by atoms with E-state index in [1.165, 1.54) is 6.08 Å². The summed E-state index contributed by atoms with van der Waals surface area (Å²) < 4.78 is 61.9. The summed E-state index contributed by atoms with van der Waals surface area (Å²) in [5, 5.41) is 11.0. The lowest BCUT2D eigenvalue weighted by molar-refractivity contribution is -0.163. The number of aldehydes is 1. The van der Waals surface area contributed by atoms with Crippen LogP contribution in [0.25, 0.3) is 5.57 Å². The van der Waals surface area contributed by atoms with Crippen molar-refractivity contribution in [2.24, 2.45) is 0 Å². The topological polar surface area (TPSA) is 71.9 Å². The predicted molar refractivity (Wildman–Crippen MR) is 140 cm³/mol. The number of rotatable bonds is 10. The van der Waals surface area contributed by atoms with Gasteiger partial charge < -0.3 is 19.5 Å². The van der Waals surface area contributed by atoms with Gasteiger partial charge in [-0.2, -0.15) is 13.2 Å². The molecule has 1 aliphatic heterocycles. The van der Waals surface area contributed by atoms with Crippen LogP contribution in [-0.2, 0) is 21.6 Å². The number of halogens is 4. The summed E-state index contributed by atoms with van der Waals surface area (Å²) in [6.07, 6.45) is 4.69. The second kappa shape index (κ2) is 12.9. The molecule has 39 heavy (non-hydrogen) atoms. The number of carbonyl (C=O) groups excluding carboxylic acids is 1. The molecule has 1 aromatic heterocycles. The van der Waals surface area contributed by atoms with Crippen molar-refractivity contribution in [2.75, 3.05) is 38.4 Å². The fraction of sp³-hybridized carbons (Fsp3) is 0.379. The molecular formula is C29H30F4N2O4. The summed E-state index contributed by atoms with van der Waals surface area (Å²) in [5.74, 6) is 1.62. The monoisotopic (exact) mass is 546 g/mol. The third-order valence-corrected chi connectivity index (χ3v) is 6.36. The molecule has 2 aromatic rings. The predicted octanol–water partition coefficient (Wildman–Crippen LogP) is 5.29. The van der Waals surface area contributed by atoms with Gasteiger partial charge in [-0.15, -0.1) is 6.42 Å². The minimum atomic E-state index is -4.65. The van der Waals surface area contributed by atoms with Crippen LogP contribution in [-0.4, -0.2) is 56.1 Å². The number of hydrogen-bond acceptors (Lipinski definition) is 6. The maximum Gasteiger partial charge on any atom is 0.422 e. The highest BCUT2D eigenvalue weighted by atomic mass is 19.4. The number of alkyl halides is 4. The minimum absolute atomic E-state index is 0.0494. The zero-order valence-corrected chi connectivity index (χ0v) is 21.7. The lowest BCUT2D eigenvalue weighted by atomic mass is 9.86. The number of ether oxygens (including phenoxy) is 2. The lowest BCUT2D eigenvalue weighted by Gasteiger charge is -2.33. The van der Waals surface area contributed by atoms with E-state index in [1.54, 1.807) is 20.0 Å². The SMILES string of the molecule is C#C/C(OCC(F)(F)F)=C(\C=C/CF)c1nc(C)cc(C=O)c1CN(C)c1ccc(C2(O)CCOCC2)cc1. The lowest BCUT2D eigenvalue weighted by Crippen LogP contribution is -2.33. The van der Waals surface area contributed by atoms with E-state index < -0.39 is 30.8 Å². The number of allylic oxidation sites excluding steroid dienone is 4. The molecule has 3 rings (SSSR count). The zero-order valence-electron chi connectivity index (χ0n) is 21.7. The van der Waals surface area contributed by atoms with Crippen LogP contribution in [0, 0.1) is 19.3 Å². The second-order valence-corrected chi connectivity index (χ2v) is 9.19. The van der Waals surface area contributed by atoms with Crippen molar-refractivity contribution in [1.29, 1.82) is 0 Å². The van der Waals surface area contributed by atoms with Crippen LogP contribution in [0.3, 0.4) is 0 Å². The van der Waals surface area contributed by atoms with Crippen LogP contribution in [0.4, 0.5) is 23.2 Å². The first-order chi connectivity index (χ1) is 18.5. The molecule has 2 heterocycles. The van der Waals surface area contributed by atoms with Crippen molar-refractivity contribution in [3.05, 3.63) is 76.3 Å². The first-order valence-electron chi connectivity index (χ1n) is 12.2. The fourth-order valence-corrected chi connectivity index (χ4v) is 4.35. The Bertz CT molecular complexity index is 1260. The quantitative estimate of drug-likeness (QED) is 0.144. The molecule has 0 bridgehead atoms. The molecule has 208 valence electrons. The highest BCUT2D eigenvalue weighted by Crippen LogP contribution is 2.34. The highest BCUT2D eigenvalue weighted by molar-refractivity contribution is 5.85. The number of nitrogens with zero attached hydrogens (tertiary/aromatic N) is 2. The summed E-state index contributed by atoms with van der Waals surface area (Å²) in [4.78, 5) is 18.3. The van der Waals surface area contributed by atoms with Crippen molar-refractivity contribution in [3.8, 4) is 12.3 Å². The average molecular weight is 547 g/mol. The van der Waals surface area contributed by atoms with Gasteiger partial charge in [0.25, 0.3) is 0 Å². The molecule has 0 saturated carbocycles. The minimum Gasteiger partial charge on any atom is -0.475 e. The fourth-order valence-electron chi connectivity index (χ4n) is 4.35. The molecular weight excluding hydrogens is 516 g/mol. The molecule has 6 nitrogen and oxygen atoms in total. The van der Waals surface area contributed by atoms with Crippen molar-refractivity contribution < 1.29 is 36.9 Å². The Labute approximate surface area is 224 Å². The Hall–Kier alpha value is -3.68. The first kappa shape index (κ1) is 29.9. The van der Waals surface area contributed by atoms with Gasteiger partial charge in [0.15, 0.2) is 18.7 Å². The molecule has 0 amide bonds. The molecule has 0 spiro atoms. The summed E-state index contributed by atoms with van der Waals surface area (Å²) >= 11 is 0. The van der Waals surface area contributed by atoms with Crippen LogP contribution in [0.1, 0.15) is 45.7 Å². The largest absolute Gasteiger partial charge is 0.475 e. The van der Waals surface area contributed by atoms with Gasteiger partial charge in [0, 0.05) is 62.2 Å². The molecule has 0 atom stereocenters. The van der Waals surface area contributed by atoms with E-state index in [2.05, 4.69) is 10.9 Å². The number of anilines is 1. The Morgan fingerprint density at radius 3 is 2.51 bits per heavy atom. The van der Waals surface area contributed by atoms with E-state index in [-0.39, 0.29) is 23.4 Å². The first-order valence-corrected chi connectivity index (χ1v) is 12.2. The zero-order chi connectivity index (χ0) is 28.6. The number of aryl methyl sites for hydroxylation is 1. The third kappa shape index (κ3) is 7.68. The summed E-state index contributed by atoms with van der Waals surface area (Å²) in [5.41, 5.74) is 1.61. The molecule has 1 aromatic carbocycles. The third-order valence-electron chi connectivity index (χ3n) is 6.36. The van der Waals surface area contributed by atoms with E-state index in [0.717, 1.165) is 17.3 Å². The van der Waals surface area contributed by atoms with Gasteiger partial charge in [-0.05, 0) is 42.7 Å². The van der Waals surface area contributed by atoms with E-state index in [1.807, 2.05) is 29.2 Å². The van der Waals surface area contributed by atoms with Crippen molar-refractivity contribution >= 4 is 17.5 Å². The summed E-state index contributed by atoms with van der Waals surface area (Å²) in [6.45, 7) is 0.104. The van der Waals surface area contributed by atoms with Crippen LogP contribution in [0.2, 0.25) is 0 Å². The molecule has 0 unspecified atom stereocenters. The van der Waals surface area contributed by atoms with Crippen LogP contribution < -0.4 is 4.90 Å². The molecule has 1 fully saturated rings. The van der Waals surface area contributed by atoms with Gasteiger partial charge in [-0.1, -0.05) is 18.2 Å². The van der Waals surface area contributed by atoms with Gasteiger partial charge in [-0.3, -0.25) is 9.78 Å². The molecule has 1 saturated heterocycles. The Kier molecular flexibility index (Phi) is 9.89. The van der Waals surface area contributed by atoms with E-state index >= 15 is 0 Å². The Balaban J connectivity index is 2.03. The van der Waals surface area contributed by atoms with Gasteiger partial charge in [0.2, 0.25) is 0 Å². The maximum atomic E-state index is 13.1. The number of hydrogen-bond donors (Lipinski definition) is 1. The van der Waals surface area contributed by atoms with Gasteiger partial charge >= 0.3 is 6.18 Å². The van der Waals surface area contributed by atoms with Gasteiger partial charge in [-0.25, -0.2) is 4.39 Å². The maximum absolute atomic E-state index is 13.1. The summed E-state index contributed by atoms with van der Waals surface area (Å²) in [7, 11) is 1.76. The van der Waals surface area contributed by atoms with Crippen molar-refractivity contribution in [1.82, 2.24) is 4.98 Å². The molecule has 1 aliphatic rings. The normalized spacial score (nSPS) is 15.9. The number of carbonyl (C=O) groups is 1. The smallest absolute Gasteiger partial charge is 0.422 e. The van der Waals surface area contributed by atoms with Crippen LogP contribution in [0.5, 0.6) is 0 Å². The van der Waals surface area contributed by atoms with Crippen molar-refractivity contribution in [3.63, 3.8) is 0 Å². The molecule has 0 radical (unpaired) electrons. The molecule has 1 N–H and O–H groups in total. The van der Waals surface area contributed by atoms with E-state index in [4.69, 9.17) is 15.9 Å². The van der Waals surface area contributed by atoms with E-state index in [0.29, 0.717) is 43.6 Å². The molecule has 0 aliphatic carbocycles. The molecule has 10 heteroatoms.